The summed E-state index contributed by atoms with van der Waals surface area (Å²) in [5.41, 5.74) is 6.31. The number of nitrogens with zero attached hydrogens (tertiary/aromatic N) is 1. The molecule has 2 aliphatic rings. The van der Waals surface area contributed by atoms with Crippen molar-refractivity contribution >= 4 is 6.03 Å². The Kier molecular flexibility index (Phi) is 3.55. The number of aliphatic hydroxyl groups excluding tert-OH is 3. The molecule has 0 radical (unpaired) electrons. The van der Waals surface area contributed by atoms with E-state index < -0.39 is 43.3 Å². The highest BCUT2D eigenvalue weighted by Gasteiger charge is 2.47. The second kappa shape index (κ2) is 4.82. The molecule has 2 rings (SSSR count). The summed E-state index contributed by atoms with van der Waals surface area (Å²) in [6.45, 7) is 1.28. The lowest BCUT2D eigenvalue weighted by Gasteiger charge is -2.33. The lowest BCUT2D eigenvalue weighted by Crippen LogP contribution is -2.56. The molecule has 2 heterocycles. The van der Waals surface area contributed by atoms with Crippen molar-refractivity contribution in [3.8, 4) is 0 Å². The number of carbonyl (C=O) groups excluding carboxylic acids is 1. The van der Waals surface area contributed by atoms with E-state index in [2.05, 4.69) is 5.32 Å². The second-order valence-corrected chi connectivity index (χ2v) is 4.44. The third-order valence-corrected chi connectivity index (χ3v) is 3.14. The van der Waals surface area contributed by atoms with Crippen molar-refractivity contribution < 1.29 is 24.9 Å². The van der Waals surface area contributed by atoms with Gasteiger partial charge in [0.2, 0.25) is 0 Å². The lowest BCUT2D eigenvalue weighted by molar-refractivity contribution is -0.0664. The molecule has 5 atom stereocenters. The molecule has 18 heavy (non-hydrogen) atoms. The standard InChI is InChI=1S/C10H17N3O5/c1-4-2-13(10(17)12-8(4)11)9-7(16)6(15)5(3-14)18-9/h2,5-9,14-16H,3,11H2,1H3,(H,12,17)/t5-,6-,7-,8?,9-/m1/s1. The van der Waals surface area contributed by atoms with Crippen LogP contribution in [0.1, 0.15) is 6.92 Å². The molecule has 8 nitrogen and oxygen atoms in total. The summed E-state index contributed by atoms with van der Waals surface area (Å²) < 4.78 is 5.26. The van der Waals surface area contributed by atoms with Crippen LogP contribution in [0.3, 0.4) is 0 Å². The first kappa shape index (κ1) is 13.2. The second-order valence-electron chi connectivity index (χ2n) is 4.44. The van der Waals surface area contributed by atoms with Crippen LogP contribution in [0.2, 0.25) is 0 Å². The molecule has 0 aliphatic carbocycles. The van der Waals surface area contributed by atoms with Crippen molar-refractivity contribution in [1.82, 2.24) is 10.2 Å². The van der Waals surface area contributed by atoms with E-state index in [9.17, 15) is 15.0 Å². The fraction of sp³-hybridized carbons (Fsp3) is 0.700. The van der Waals surface area contributed by atoms with Gasteiger partial charge in [-0.15, -0.1) is 0 Å². The number of carbonyl (C=O) groups is 1. The van der Waals surface area contributed by atoms with E-state index in [4.69, 9.17) is 15.6 Å². The van der Waals surface area contributed by atoms with Crippen molar-refractivity contribution in [2.75, 3.05) is 6.61 Å². The number of hydrogen-bond acceptors (Lipinski definition) is 6. The highest BCUT2D eigenvalue weighted by atomic mass is 16.6. The molecule has 0 aromatic rings. The van der Waals surface area contributed by atoms with Crippen LogP contribution in [0.15, 0.2) is 11.8 Å². The van der Waals surface area contributed by atoms with E-state index >= 15 is 0 Å². The quantitative estimate of drug-likeness (QED) is 0.377. The summed E-state index contributed by atoms with van der Waals surface area (Å²) in [6.07, 6.45) is -3.60. The van der Waals surface area contributed by atoms with Crippen molar-refractivity contribution in [3.05, 3.63) is 11.8 Å². The zero-order valence-corrected chi connectivity index (χ0v) is 9.85. The van der Waals surface area contributed by atoms with Gasteiger partial charge in [-0.25, -0.2) is 4.79 Å². The number of urea groups is 1. The summed E-state index contributed by atoms with van der Waals surface area (Å²) in [6, 6.07) is -0.525. The fourth-order valence-electron chi connectivity index (χ4n) is 1.98. The topological polar surface area (TPSA) is 128 Å². The maximum Gasteiger partial charge on any atom is 0.325 e. The number of nitrogens with two attached hydrogens (primary N) is 1. The molecule has 0 saturated carbocycles. The summed E-state index contributed by atoms with van der Waals surface area (Å²) in [5, 5.41) is 30.9. The van der Waals surface area contributed by atoms with Crippen molar-refractivity contribution in [2.24, 2.45) is 5.73 Å². The number of rotatable bonds is 2. The number of nitrogens with one attached hydrogen (secondary N) is 1. The summed E-state index contributed by atoms with van der Waals surface area (Å²) in [4.78, 5) is 12.9. The van der Waals surface area contributed by atoms with Crippen molar-refractivity contribution in [1.29, 1.82) is 0 Å². The molecule has 8 heteroatoms. The van der Waals surface area contributed by atoms with Gasteiger partial charge in [0.25, 0.3) is 0 Å². The zero-order chi connectivity index (χ0) is 13.4. The van der Waals surface area contributed by atoms with E-state index in [1.54, 1.807) is 6.92 Å². The molecule has 0 bridgehead atoms. The third kappa shape index (κ3) is 2.08. The molecule has 0 spiro atoms. The molecule has 6 N–H and O–H groups in total. The molecule has 2 aliphatic heterocycles. The van der Waals surface area contributed by atoms with E-state index in [1.807, 2.05) is 0 Å². The Morgan fingerprint density at radius 1 is 1.50 bits per heavy atom. The number of hydrogen-bond donors (Lipinski definition) is 5. The van der Waals surface area contributed by atoms with Crippen LogP contribution < -0.4 is 11.1 Å². The highest BCUT2D eigenvalue weighted by Crippen LogP contribution is 2.26. The maximum atomic E-state index is 11.7. The van der Waals surface area contributed by atoms with Gasteiger partial charge in [-0.2, -0.15) is 0 Å². The molecule has 0 aromatic carbocycles. The largest absolute Gasteiger partial charge is 0.394 e. The summed E-state index contributed by atoms with van der Waals surface area (Å²) >= 11 is 0. The highest BCUT2D eigenvalue weighted by molar-refractivity contribution is 5.77. The van der Waals surface area contributed by atoms with Crippen molar-refractivity contribution in [3.63, 3.8) is 0 Å². The van der Waals surface area contributed by atoms with Gasteiger partial charge in [-0.05, 0) is 12.5 Å². The van der Waals surface area contributed by atoms with Gasteiger partial charge in [0.1, 0.15) is 24.5 Å². The third-order valence-electron chi connectivity index (χ3n) is 3.14. The van der Waals surface area contributed by atoms with Crippen LogP contribution in [0.5, 0.6) is 0 Å². The van der Waals surface area contributed by atoms with E-state index in [0.717, 1.165) is 4.90 Å². The van der Waals surface area contributed by atoms with Gasteiger partial charge in [0.05, 0.1) is 6.61 Å². The maximum absolute atomic E-state index is 11.7. The molecule has 1 unspecified atom stereocenters. The smallest absolute Gasteiger partial charge is 0.325 e. The van der Waals surface area contributed by atoms with Crippen LogP contribution in [0, 0.1) is 0 Å². The van der Waals surface area contributed by atoms with Crippen molar-refractivity contribution in [2.45, 2.75) is 37.6 Å². The lowest BCUT2D eigenvalue weighted by atomic mass is 10.1. The van der Waals surface area contributed by atoms with Gasteiger partial charge in [0.15, 0.2) is 6.23 Å². The average Bonchev–Trinajstić information content (AvgIpc) is 2.61. The van der Waals surface area contributed by atoms with Gasteiger partial charge in [0, 0.05) is 6.20 Å². The predicted octanol–water partition coefficient (Wildman–Crippen LogP) is -2.36. The Morgan fingerprint density at radius 2 is 2.17 bits per heavy atom. The average molecular weight is 259 g/mol. The Morgan fingerprint density at radius 3 is 2.72 bits per heavy atom. The number of aliphatic hydroxyl groups is 3. The minimum Gasteiger partial charge on any atom is -0.394 e. The van der Waals surface area contributed by atoms with Crippen LogP contribution in [-0.4, -0.2) is 63.6 Å². The SMILES string of the molecule is CC1=CN([C@@H]2O[C@H](CO)[C@@H](O)[C@H]2O)C(=O)NC1N. The minimum atomic E-state index is -1.29. The normalized spacial score (nSPS) is 40.7. The summed E-state index contributed by atoms with van der Waals surface area (Å²) in [5.74, 6) is 0. The predicted molar refractivity (Wildman–Crippen MR) is 59.9 cm³/mol. The monoisotopic (exact) mass is 259 g/mol. The zero-order valence-electron chi connectivity index (χ0n) is 9.85. The van der Waals surface area contributed by atoms with E-state index in [-0.39, 0.29) is 0 Å². The van der Waals surface area contributed by atoms with Gasteiger partial charge in [-0.3, -0.25) is 4.90 Å². The van der Waals surface area contributed by atoms with Gasteiger partial charge in [-0.1, -0.05) is 0 Å². The Hall–Kier alpha value is -1.19. The molecule has 2 amide bonds. The fourth-order valence-corrected chi connectivity index (χ4v) is 1.98. The van der Waals surface area contributed by atoms with Crippen LogP contribution in [0.25, 0.3) is 0 Å². The molecular formula is C10H17N3O5. The Labute approximate surface area is 104 Å². The van der Waals surface area contributed by atoms with Crippen LogP contribution in [0.4, 0.5) is 4.79 Å². The first-order chi connectivity index (χ1) is 8.45. The first-order valence-electron chi connectivity index (χ1n) is 5.61. The van der Waals surface area contributed by atoms with Crippen LogP contribution in [-0.2, 0) is 4.74 Å². The molecule has 0 aromatic heterocycles. The first-order valence-corrected chi connectivity index (χ1v) is 5.61. The Balaban J connectivity index is 2.19. The van der Waals surface area contributed by atoms with E-state index in [0.29, 0.717) is 5.57 Å². The molecular weight excluding hydrogens is 242 g/mol. The van der Waals surface area contributed by atoms with Gasteiger partial charge < -0.3 is 31.1 Å². The number of ether oxygens (including phenoxy) is 1. The van der Waals surface area contributed by atoms with E-state index in [1.165, 1.54) is 6.20 Å². The summed E-state index contributed by atoms with van der Waals surface area (Å²) in [7, 11) is 0. The number of amides is 2. The molecule has 102 valence electrons. The Bertz CT molecular complexity index is 375. The minimum absolute atomic E-state index is 0.438. The molecule has 1 saturated heterocycles. The van der Waals surface area contributed by atoms with Crippen LogP contribution >= 0.6 is 0 Å². The molecule has 1 fully saturated rings. The van der Waals surface area contributed by atoms with Gasteiger partial charge >= 0.3 is 6.03 Å².